The van der Waals surface area contributed by atoms with Crippen LogP contribution < -0.4 is 0 Å². The first-order chi connectivity index (χ1) is 34.6. The molecule has 0 rings (SSSR count). The molecule has 0 aromatic carbocycles. The number of quaternary nitrogens is 1. The summed E-state index contributed by atoms with van der Waals surface area (Å²) in [5.74, 6) is -2.03. The Morgan fingerprint density at radius 1 is 0.437 bits per heavy atom. The van der Waals surface area contributed by atoms with Gasteiger partial charge in [0.1, 0.15) is 13.2 Å². The van der Waals surface area contributed by atoms with Crippen LogP contribution in [0.5, 0.6) is 0 Å². The van der Waals surface area contributed by atoms with Crippen LogP contribution in [-0.4, -0.2) is 87.4 Å². The lowest BCUT2D eigenvalue weighted by Crippen LogP contribution is -2.40. The highest BCUT2D eigenvalue weighted by molar-refractivity contribution is 5.71. The zero-order valence-corrected chi connectivity index (χ0v) is 45.8. The maximum atomic E-state index is 12.7. The number of hydrogen-bond donors (Lipinski definition) is 1. The van der Waals surface area contributed by atoms with E-state index in [1.165, 1.54) is 64.2 Å². The minimum Gasteiger partial charge on any atom is -0.477 e. The molecule has 0 amide bonds. The van der Waals surface area contributed by atoms with Gasteiger partial charge in [-0.3, -0.25) is 9.59 Å². The molecule has 2 atom stereocenters. The molecule has 0 radical (unpaired) electrons. The van der Waals surface area contributed by atoms with Crippen LogP contribution in [0.15, 0.2) is 109 Å². The fourth-order valence-electron chi connectivity index (χ4n) is 7.24. The molecule has 0 spiro atoms. The topological polar surface area (TPSA) is 108 Å². The molecule has 0 aliphatic rings. The highest BCUT2D eigenvalue weighted by Gasteiger charge is 2.25. The predicted octanol–water partition coefficient (Wildman–Crippen LogP) is 16.3. The molecular weight excluding hydrogens is 887 g/mol. The summed E-state index contributed by atoms with van der Waals surface area (Å²) in [6.45, 7) is 4.64. The fraction of sp³-hybridized carbons (Fsp3) is 0.661. The van der Waals surface area contributed by atoms with E-state index in [1.54, 1.807) is 0 Å². The van der Waals surface area contributed by atoms with Gasteiger partial charge in [0.2, 0.25) is 0 Å². The number of carboxylic acids is 1. The van der Waals surface area contributed by atoms with Crippen molar-refractivity contribution in [1.82, 2.24) is 0 Å². The predicted molar refractivity (Wildman–Crippen MR) is 299 cm³/mol. The van der Waals surface area contributed by atoms with E-state index in [-0.39, 0.29) is 32.2 Å². The molecular formula is C62H104NO8+. The van der Waals surface area contributed by atoms with Crippen molar-refractivity contribution in [2.75, 3.05) is 47.5 Å². The van der Waals surface area contributed by atoms with Crippen molar-refractivity contribution < 1.29 is 42.9 Å². The number of ether oxygens (including phenoxy) is 4. The second-order valence-corrected chi connectivity index (χ2v) is 19.5. The summed E-state index contributed by atoms with van der Waals surface area (Å²) < 4.78 is 22.6. The maximum absolute atomic E-state index is 12.7. The highest BCUT2D eigenvalue weighted by atomic mass is 16.7. The Hall–Kier alpha value is -4.05. The Kier molecular flexibility index (Phi) is 49.3. The molecule has 1 N–H and O–H groups in total. The van der Waals surface area contributed by atoms with Crippen LogP contribution in [0.4, 0.5) is 0 Å². The molecule has 9 heteroatoms. The van der Waals surface area contributed by atoms with Crippen molar-refractivity contribution in [2.45, 2.75) is 219 Å². The van der Waals surface area contributed by atoms with Crippen LogP contribution in [0, 0.1) is 0 Å². The summed E-state index contributed by atoms with van der Waals surface area (Å²) in [4.78, 5) is 36.9. The zero-order valence-electron chi connectivity index (χ0n) is 45.8. The van der Waals surface area contributed by atoms with Gasteiger partial charge in [-0.2, -0.15) is 0 Å². The van der Waals surface area contributed by atoms with Gasteiger partial charge in [0.15, 0.2) is 6.10 Å². The molecule has 0 saturated heterocycles. The van der Waals surface area contributed by atoms with Crippen molar-refractivity contribution in [3.63, 3.8) is 0 Å². The van der Waals surface area contributed by atoms with E-state index in [2.05, 4.69) is 123 Å². The number of nitrogens with zero attached hydrogens (tertiary/aromatic N) is 1. The van der Waals surface area contributed by atoms with Gasteiger partial charge < -0.3 is 28.5 Å². The monoisotopic (exact) mass is 991 g/mol. The second-order valence-electron chi connectivity index (χ2n) is 19.5. The minimum absolute atomic E-state index is 0.184. The largest absolute Gasteiger partial charge is 0.477 e. The number of esters is 2. The van der Waals surface area contributed by atoms with Crippen molar-refractivity contribution in [2.24, 2.45) is 0 Å². The number of rotatable bonds is 50. The third kappa shape index (κ3) is 53.6. The zero-order chi connectivity index (χ0) is 52.0. The lowest BCUT2D eigenvalue weighted by Gasteiger charge is -2.25. The molecule has 404 valence electrons. The summed E-state index contributed by atoms with van der Waals surface area (Å²) in [6, 6.07) is 0. The third-order valence-electron chi connectivity index (χ3n) is 11.5. The van der Waals surface area contributed by atoms with Crippen LogP contribution in [0.3, 0.4) is 0 Å². The van der Waals surface area contributed by atoms with Gasteiger partial charge in [-0.05, 0) is 83.5 Å². The minimum atomic E-state index is -1.51. The molecule has 0 aromatic rings. The molecule has 0 aliphatic carbocycles. The first-order valence-electron chi connectivity index (χ1n) is 28.1. The fourth-order valence-corrected chi connectivity index (χ4v) is 7.24. The van der Waals surface area contributed by atoms with Crippen molar-refractivity contribution >= 4 is 17.9 Å². The van der Waals surface area contributed by atoms with E-state index in [0.29, 0.717) is 23.9 Å². The summed E-state index contributed by atoms with van der Waals surface area (Å²) >= 11 is 0. The molecule has 71 heavy (non-hydrogen) atoms. The van der Waals surface area contributed by atoms with Gasteiger partial charge in [0.25, 0.3) is 6.29 Å². The normalized spacial score (nSPS) is 13.6. The molecule has 2 unspecified atom stereocenters. The smallest absolute Gasteiger partial charge is 0.361 e. The number of allylic oxidation sites excluding steroid dienone is 18. The summed E-state index contributed by atoms with van der Waals surface area (Å²) in [6.07, 6.45) is 69.5. The Balaban J connectivity index is 3.93. The van der Waals surface area contributed by atoms with Crippen LogP contribution in [0.2, 0.25) is 0 Å². The summed E-state index contributed by atoms with van der Waals surface area (Å²) in [7, 11) is 5.94. The molecule has 0 saturated carbocycles. The lowest BCUT2D eigenvalue weighted by molar-refractivity contribution is -0.870. The van der Waals surface area contributed by atoms with E-state index in [1.807, 2.05) is 21.1 Å². The number of carbonyl (C=O) groups is 3. The Morgan fingerprint density at radius 3 is 1.20 bits per heavy atom. The standard InChI is InChI=1S/C62H103NO8/c1-6-8-10-12-13-14-15-16-17-18-19-20-21-22-23-24-25-26-27-28-29-30-31-32-33-34-35-36-37-38-39-40-41-42-43-44-45-46-47-49-51-53-60(65)71-58(56-69-59(64)52-50-48-11-9-7-2)57-70-62(61(66)67)68-55-54-63(3,4)5/h8,10,13-14,16-17,19-20,22-23,25-26,28-29,31-32,34-35,58,62H,6-7,9,11-12,15,18,21,24,27,30,33,36-57H2,1-5H3/p+1/b10-8-,14-13-,17-16-,20-19-,23-22-,26-25-,29-28-,32-31-,35-34-. The second kappa shape index (κ2) is 52.3. The first kappa shape index (κ1) is 67.0. The number of aliphatic carboxylic acids is 1. The SMILES string of the molecule is CC/C=C\C/C=C\C/C=C\C/C=C\C/C=C\C/C=C\C/C=C\C/C=C\C/C=C\CCCCCCCCCCCCCCCC(=O)OC(COC(=O)CCCCCCC)COC(OCC[N+](C)(C)C)C(=O)O. The van der Waals surface area contributed by atoms with Crippen LogP contribution in [-0.2, 0) is 33.3 Å². The number of hydrogen-bond acceptors (Lipinski definition) is 7. The third-order valence-corrected chi connectivity index (χ3v) is 11.5. The Bertz CT molecular complexity index is 1530. The van der Waals surface area contributed by atoms with Gasteiger partial charge >= 0.3 is 17.9 Å². The number of carboxylic acid groups (broad SMARTS) is 1. The van der Waals surface area contributed by atoms with E-state index in [4.69, 9.17) is 18.9 Å². The van der Waals surface area contributed by atoms with Crippen LogP contribution >= 0.6 is 0 Å². The average molecular weight is 992 g/mol. The quantitative estimate of drug-likeness (QED) is 0.0211. The molecule has 0 aromatic heterocycles. The molecule has 0 heterocycles. The van der Waals surface area contributed by atoms with Crippen molar-refractivity contribution in [3.8, 4) is 0 Å². The van der Waals surface area contributed by atoms with E-state index in [9.17, 15) is 19.5 Å². The molecule has 9 nitrogen and oxygen atoms in total. The van der Waals surface area contributed by atoms with Gasteiger partial charge in [-0.15, -0.1) is 0 Å². The maximum Gasteiger partial charge on any atom is 0.361 e. The van der Waals surface area contributed by atoms with Gasteiger partial charge in [-0.25, -0.2) is 4.79 Å². The van der Waals surface area contributed by atoms with Crippen molar-refractivity contribution in [1.29, 1.82) is 0 Å². The lowest BCUT2D eigenvalue weighted by atomic mass is 10.0. The Morgan fingerprint density at radius 2 is 0.803 bits per heavy atom. The molecule has 0 aliphatic heterocycles. The van der Waals surface area contributed by atoms with Crippen molar-refractivity contribution in [3.05, 3.63) is 109 Å². The molecule has 0 bridgehead atoms. The van der Waals surface area contributed by atoms with E-state index in [0.717, 1.165) is 109 Å². The number of unbranched alkanes of at least 4 members (excludes halogenated alkanes) is 17. The van der Waals surface area contributed by atoms with E-state index >= 15 is 0 Å². The van der Waals surface area contributed by atoms with E-state index < -0.39 is 24.3 Å². The Labute approximate surface area is 434 Å². The van der Waals surface area contributed by atoms with Gasteiger partial charge in [-0.1, -0.05) is 220 Å². The van der Waals surface area contributed by atoms with Gasteiger partial charge in [0.05, 0.1) is 34.4 Å². The van der Waals surface area contributed by atoms with Gasteiger partial charge in [0, 0.05) is 12.8 Å². The highest BCUT2D eigenvalue weighted by Crippen LogP contribution is 2.15. The summed E-state index contributed by atoms with van der Waals surface area (Å²) in [5.41, 5.74) is 0. The first-order valence-corrected chi connectivity index (χ1v) is 28.1. The number of likely N-dealkylation sites (N-methyl/N-ethyl adjacent to an activating group) is 1. The van der Waals surface area contributed by atoms with Crippen LogP contribution in [0.25, 0.3) is 0 Å². The number of carbonyl (C=O) groups excluding carboxylic acids is 2. The average Bonchev–Trinajstić information content (AvgIpc) is 3.34. The summed E-state index contributed by atoms with van der Waals surface area (Å²) in [5, 5.41) is 9.61. The molecule has 0 fully saturated rings. The van der Waals surface area contributed by atoms with Crippen LogP contribution in [0.1, 0.15) is 206 Å².